The minimum absolute atomic E-state index is 0.248. The number of hydrogen-bond acceptors (Lipinski definition) is 10. The number of nitrogens with zero attached hydrogens (tertiary/aromatic N) is 4. The molecular formula is C23H19N5O3S3. The van der Waals surface area contributed by atoms with Crippen LogP contribution in [-0.2, 0) is 6.61 Å². The van der Waals surface area contributed by atoms with Crippen LogP contribution in [0.2, 0.25) is 0 Å². The van der Waals surface area contributed by atoms with Crippen LogP contribution < -0.4 is 14.9 Å². The van der Waals surface area contributed by atoms with E-state index >= 15 is 0 Å². The van der Waals surface area contributed by atoms with Gasteiger partial charge in [0.15, 0.2) is 22.0 Å². The van der Waals surface area contributed by atoms with Gasteiger partial charge in [0.2, 0.25) is 5.89 Å². The zero-order valence-corrected chi connectivity index (χ0v) is 20.7. The lowest BCUT2D eigenvalue weighted by atomic mass is 10.2. The monoisotopic (exact) mass is 509 g/mol. The van der Waals surface area contributed by atoms with E-state index in [-0.39, 0.29) is 4.71 Å². The molecule has 0 bridgehead atoms. The van der Waals surface area contributed by atoms with Crippen LogP contribution in [0.25, 0.3) is 33.3 Å². The molecule has 4 heterocycles. The van der Waals surface area contributed by atoms with Crippen LogP contribution in [0.4, 0.5) is 0 Å². The Morgan fingerprint density at radius 1 is 1.18 bits per heavy atom. The summed E-state index contributed by atoms with van der Waals surface area (Å²) >= 11 is 4.98. The molecule has 1 unspecified atom stereocenters. The van der Waals surface area contributed by atoms with Crippen LogP contribution in [0, 0.1) is 0 Å². The molecule has 0 aliphatic carbocycles. The molecule has 1 atom stereocenters. The van der Waals surface area contributed by atoms with E-state index in [0.717, 1.165) is 21.4 Å². The molecule has 3 aromatic heterocycles. The van der Waals surface area contributed by atoms with E-state index in [2.05, 4.69) is 16.7 Å². The van der Waals surface area contributed by atoms with Gasteiger partial charge >= 0.3 is 0 Å². The number of fused-ring (bicyclic) bond motifs is 2. The Hall–Kier alpha value is -3.15. The van der Waals surface area contributed by atoms with Gasteiger partial charge in [0.25, 0.3) is 0 Å². The topological polar surface area (TPSA) is 87.2 Å². The zero-order valence-electron chi connectivity index (χ0n) is 18.2. The molecular weight excluding hydrogens is 490 g/mol. The van der Waals surface area contributed by atoms with E-state index in [9.17, 15) is 0 Å². The molecule has 0 amide bonds. The SMILES string of the molecule is COc1cc(OCc2csc(-c3ccccc3)n2)c2nc(-c3cn4c(n3)SC(SC)N4)oc2c1. The maximum atomic E-state index is 6.13. The van der Waals surface area contributed by atoms with Crippen LogP contribution in [0.1, 0.15) is 5.69 Å². The van der Waals surface area contributed by atoms with Crippen LogP contribution in [0.3, 0.4) is 0 Å². The first-order valence-corrected chi connectivity index (χ1v) is 13.4. The van der Waals surface area contributed by atoms with Crippen molar-refractivity contribution >= 4 is 46.0 Å². The lowest BCUT2D eigenvalue weighted by molar-refractivity contribution is 0.303. The predicted molar refractivity (Wildman–Crippen MR) is 136 cm³/mol. The molecule has 0 radical (unpaired) electrons. The van der Waals surface area contributed by atoms with Gasteiger partial charge in [-0.25, -0.2) is 19.6 Å². The fraction of sp³-hybridized carbons (Fsp3) is 0.174. The average Bonchev–Trinajstić information content (AvgIpc) is 3.65. The number of ether oxygens (including phenoxy) is 2. The van der Waals surface area contributed by atoms with E-state index < -0.39 is 0 Å². The lowest BCUT2D eigenvalue weighted by Crippen LogP contribution is -2.13. The van der Waals surface area contributed by atoms with Gasteiger partial charge in [0, 0.05) is 23.1 Å². The number of methoxy groups -OCH3 is 1. The number of benzene rings is 2. The fourth-order valence-corrected chi connectivity index (χ4v) is 5.93. The summed E-state index contributed by atoms with van der Waals surface area (Å²) in [7, 11) is 1.61. The van der Waals surface area contributed by atoms with Crippen molar-refractivity contribution in [1.82, 2.24) is 19.6 Å². The summed E-state index contributed by atoms with van der Waals surface area (Å²) in [6.07, 6.45) is 3.95. The van der Waals surface area contributed by atoms with Crippen molar-refractivity contribution in [3.63, 3.8) is 0 Å². The number of rotatable bonds is 7. The third-order valence-electron chi connectivity index (χ3n) is 5.18. The first-order chi connectivity index (χ1) is 16.7. The van der Waals surface area contributed by atoms with Crippen LogP contribution in [-0.4, -0.2) is 37.7 Å². The van der Waals surface area contributed by atoms with Crippen molar-refractivity contribution in [2.45, 2.75) is 16.5 Å². The summed E-state index contributed by atoms with van der Waals surface area (Å²) in [5, 5.41) is 3.85. The minimum atomic E-state index is 0.248. The van der Waals surface area contributed by atoms with Gasteiger partial charge in [-0.1, -0.05) is 30.3 Å². The molecule has 2 aromatic carbocycles. The highest BCUT2D eigenvalue weighted by Crippen LogP contribution is 2.38. The Balaban J connectivity index is 1.27. The molecule has 1 aliphatic heterocycles. The van der Waals surface area contributed by atoms with E-state index in [1.807, 2.05) is 52.7 Å². The highest BCUT2D eigenvalue weighted by atomic mass is 32.2. The van der Waals surface area contributed by atoms with Crippen LogP contribution in [0.5, 0.6) is 11.5 Å². The second-order valence-electron chi connectivity index (χ2n) is 7.38. The van der Waals surface area contributed by atoms with Crippen molar-refractivity contribution < 1.29 is 13.9 Å². The summed E-state index contributed by atoms with van der Waals surface area (Å²) < 4.78 is 19.8. The number of oxazole rings is 1. The normalized spacial score (nSPS) is 14.8. The Morgan fingerprint density at radius 2 is 2.06 bits per heavy atom. The largest absolute Gasteiger partial charge is 0.496 e. The van der Waals surface area contributed by atoms with E-state index in [4.69, 9.17) is 23.9 Å². The third kappa shape index (κ3) is 3.99. The average molecular weight is 510 g/mol. The summed E-state index contributed by atoms with van der Waals surface area (Å²) in [5.41, 5.74) is 7.13. The lowest BCUT2D eigenvalue weighted by Gasteiger charge is -2.07. The Morgan fingerprint density at radius 3 is 2.85 bits per heavy atom. The number of imidazole rings is 1. The minimum Gasteiger partial charge on any atom is -0.496 e. The van der Waals surface area contributed by atoms with Gasteiger partial charge < -0.3 is 19.3 Å². The van der Waals surface area contributed by atoms with Gasteiger partial charge in [0.05, 0.1) is 19.0 Å². The van der Waals surface area contributed by atoms with Crippen molar-refractivity contribution in [2.24, 2.45) is 0 Å². The van der Waals surface area contributed by atoms with Crippen LogP contribution in [0.15, 0.2) is 63.6 Å². The predicted octanol–water partition coefficient (Wildman–Crippen LogP) is 5.70. The van der Waals surface area contributed by atoms with Gasteiger partial charge in [-0.15, -0.1) is 23.1 Å². The second-order valence-corrected chi connectivity index (χ2v) is 10.6. The number of aromatic nitrogens is 4. The first-order valence-electron chi connectivity index (χ1n) is 10.4. The second kappa shape index (κ2) is 8.90. The Bertz CT molecular complexity index is 1440. The van der Waals surface area contributed by atoms with Crippen molar-refractivity contribution in [2.75, 3.05) is 18.8 Å². The first kappa shape index (κ1) is 21.4. The van der Waals surface area contributed by atoms with Crippen molar-refractivity contribution in [3.8, 4) is 33.7 Å². The molecule has 0 fully saturated rings. The van der Waals surface area contributed by atoms with Gasteiger partial charge in [-0.05, 0) is 18.0 Å². The summed E-state index contributed by atoms with van der Waals surface area (Å²) in [6.45, 7) is 0.309. The quantitative estimate of drug-likeness (QED) is 0.297. The fourth-order valence-electron chi connectivity index (χ4n) is 3.53. The molecule has 0 spiro atoms. The number of nitrogens with one attached hydrogen (secondary N) is 1. The molecule has 8 nitrogen and oxygen atoms in total. The summed E-state index contributed by atoms with van der Waals surface area (Å²) in [6, 6.07) is 13.7. The highest BCUT2D eigenvalue weighted by molar-refractivity contribution is 8.16. The molecule has 0 saturated heterocycles. The van der Waals surface area contributed by atoms with Gasteiger partial charge in [-0.3, -0.25) is 0 Å². The number of hydrogen-bond donors (Lipinski definition) is 1. The standard InChI is InChI=1S/C23H19N5O3S3/c1-29-15-8-17(30-11-14-12-33-21(24-14)13-6-4-3-5-7-13)19-18(9-15)31-20(26-19)16-10-28-22(25-16)34-23(27-28)32-2/h3-10,12,23,27H,11H2,1-2H3. The summed E-state index contributed by atoms with van der Waals surface area (Å²) in [5.74, 6) is 1.62. The van der Waals surface area contributed by atoms with E-state index in [1.165, 1.54) is 0 Å². The van der Waals surface area contributed by atoms with E-state index in [1.54, 1.807) is 48.0 Å². The van der Waals surface area contributed by atoms with Crippen LogP contribution >= 0.6 is 34.9 Å². The smallest absolute Gasteiger partial charge is 0.248 e. The highest BCUT2D eigenvalue weighted by Gasteiger charge is 2.25. The molecule has 34 heavy (non-hydrogen) atoms. The van der Waals surface area contributed by atoms with Crippen molar-refractivity contribution in [1.29, 1.82) is 0 Å². The maximum absolute atomic E-state index is 6.13. The molecule has 1 N–H and O–H groups in total. The molecule has 172 valence electrons. The molecule has 1 aliphatic rings. The van der Waals surface area contributed by atoms with Gasteiger partial charge in [-0.2, -0.15) is 0 Å². The molecule has 0 saturated carbocycles. The van der Waals surface area contributed by atoms with Gasteiger partial charge in [0.1, 0.15) is 27.8 Å². The molecule has 11 heteroatoms. The van der Waals surface area contributed by atoms with E-state index in [0.29, 0.717) is 40.8 Å². The Kier molecular flexibility index (Phi) is 5.60. The third-order valence-corrected chi connectivity index (χ3v) is 8.34. The Labute approximate surface area is 207 Å². The zero-order chi connectivity index (χ0) is 23.1. The maximum Gasteiger partial charge on any atom is 0.248 e. The number of thiazole rings is 1. The molecule has 5 aromatic rings. The molecule has 6 rings (SSSR count). The summed E-state index contributed by atoms with van der Waals surface area (Å²) in [4.78, 5) is 14.1. The van der Waals surface area contributed by atoms with Crippen molar-refractivity contribution in [3.05, 3.63) is 59.7 Å². The number of thioether (sulfide) groups is 2.